The van der Waals surface area contributed by atoms with Gasteiger partial charge in [-0.25, -0.2) is 0 Å². The first-order chi connectivity index (χ1) is 14.4. The van der Waals surface area contributed by atoms with Gasteiger partial charge in [0, 0.05) is 34.0 Å². The number of nitrogens with zero attached hydrogens (tertiary/aromatic N) is 1. The van der Waals surface area contributed by atoms with E-state index in [1.165, 1.54) is 36.0 Å². The molecular formula is C22H19N3O4S. The van der Waals surface area contributed by atoms with Crippen LogP contribution in [0.15, 0.2) is 83.8 Å². The maximum absolute atomic E-state index is 12.3. The second-order valence-corrected chi connectivity index (χ2v) is 7.81. The fourth-order valence-electron chi connectivity index (χ4n) is 2.58. The van der Waals surface area contributed by atoms with Gasteiger partial charge in [-0.3, -0.25) is 19.7 Å². The van der Waals surface area contributed by atoms with Crippen molar-refractivity contribution in [1.29, 1.82) is 0 Å². The van der Waals surface area contributed by atoms with Gasteiger partial charge in [0.2, 0.25) is 5.91 Å². The zero-order valence-corrected chi connectivity index (χ0v) is 16.9. The van der Waals surface area contributed by atoms with Gasteiger partial charge in [-0.15, -0.1) is 11.8 Å². The van der Waals surface area contributed by atoms with Gasteiger partial charge in [0.1, 0.15) is 0 Å². The van der Waals surface area contributed by atoms with Crippen LogP contribution in [0, 0.1) is 10.1 Å². The van der Waals surface area contributed by atoms with E-state index in [9.17, 15) is 19.7 Å². The molecule has 0 heterocycles. The summed E-state index contributed by atoms with van der Waals surface area (Å²) in [6, 6.07) is 21.8. The van der Waals surface area contributed by atoms with E-state index in [2.05, 4.69) is 10.6 Å². The van der Waals surface area contributed by atoms with Gasteiger partial charge in [0.15, 0.2) is 0 Å². The maximum atomic E-state index is 12.3. The van der Waals surface area contributed by atoms with E-state index in [4.69, 9.17) is 0 Å². The average molecular weight is 421 g/mol. The predicted molar refractivity (Wildman–Crippen MR) is 118 cm³/mol. The van der Waals surface area contributed by atoms with E-state index >= 15 is 0 Å². The molecule has 30 heavy (non-hydrogen) atoms. The molecule has 0 spiro atoms. The summed E-state index contributed by atoms with van der Waals surface area (Å²) in [5.74, 6) is -0.456. The molecule has 1 unspecified atom stereocenters. The van der Waals surface area contributed by atoms with Crippen LogP contribution in [0.25, 0.3) is 0 Å². The van der Waals surface area contributed by atoms with Crippen molar-refractivity contribution in [2.24, 2.45) is 0 Å². The molecule has 0 radical (unpaired) electrons. The monoisotopic (exact) mass is 421 g/mol. The zero-order valence-electron chi connectivity index (χ0n) is 16.1. The number of para-hydroxylation sites is 1. The molecule has 2 amide bonds. The van der Waals surface area contributed by atoms with E-state index in [1.54, 1.807) is 12.1 Å². The van der Waals surface area contributed by atoms with E-state index in [0.717, 1.165) is 10.6 Å². The molecule has 0 aliphatic heterocycles. The first-order valence-corrected chi connectivity index (χ1v) is 9.99. The quantitative estimate of drug-likeness (QED) is 0.319. The first-order valence-electron chi connectivity index (χ1n) is 9.11. The number of rotatable bonds is 7. The van der Waals surface area contributed by atoms with Crippen molar-refractivity contribution in [1.82, 2.24) is 0 Å². The highest BCUT2D eigenvalue weighted by molar-refractivity contribution is 8.00. The van der Waals surface area contributed by atoms with Crippen molar-refractivity contribution in [3.8, 4) is 0 Å². The number of hydrogen-bond donors (Lipinski definition) is 2. The summed E-state index contributed by atoms with van der Waals surface area (Å²) < 4.78 is 0. The molecule has 3 rings (SSSR count). The summed E-state index contributed by atoms with van der Waals surface area (Å²) in [6.45, 7) is 1.83. The lowest BCUT2D eigenvalue weighted by molar-refractivity contribution is -0.384. The Kier molecular flexibility index (Phi) is 6.82. The molecule has 0 aliphatic rings. The number of nitro groups is 1. The number of nitro benzene ring substituents is 1. The van der Waals surface area contributed by atoms with Gasteiger partial charge in [-0.05, 0) is 55.5 Å². The van der Waals surface area contributed by atoms with Gasteiger partial charge in [0.25, 0.3) is 11.6 Å². The van der Waals surface area contributed by atoms with Crippen LogP contribution >= 0.6 is 11.8 Å². The summed E-state index contributed by atoms with van der Waals surface area (Å²) in [5.41, 5.74) is 1.59. The number of hydrogen-bond acceptors (Lipinski definition) is 5. The van der Waals surface area contributed by atoms with Crippen molar-refractivity contribution in [2.75, 3.05) is 10.6 Å². The lowest BCUT2D eigenvalue weighted by Crippen LogP contribution is -2.22. The van der Waals surface area contributed by atoms with Crippen molar-refractivity contribution >= 4 is 40.6 Å². The molecule has 3 aromatic rings. The second kappa shape index (κ2) is 9.71. The minimum absolute atomic E-state index is 0.0710. The molecular weight excluding hydrogens is 402 g/mol. The minimum atomic E-state index is -0.515. The summed E-state index contributed by atoms with van der Waals surface area (Å²) in [5, 5.41) is 16.0. The van der Waals surface area contributed by atoms with Crippen LogP contribution in [-0.2, 0) is 4.79 Å². The van der Waals surface area contributed by atoms with E-state index < -0.39 is 4.92 Å². The number of anilines is 2. The van der Waals surface area contributed by atoms with E-state index in [1.807, 2.05) is 49.4 Å². The van der Waals surface area contributed by atoms with Gasteiger partial charge in [0.05, 0.1) is 10.2 Å². The largest absolute Gasteiger partial charge is 0.325 e. The SMILES string of the molecule is CC(Sc1ccc(NC(=O)c2ccc([N+](=O)[O-])cc2)cc1)C(=O)Nc1ccccc1. The lowest BCUT2D eigenvalue weighted by atomic mass is 10.2. The van der Waals surface area contributed by atoms with Crippen molar-refractivity contribution < 1.29 is 14.5 Å². The fraction of sp³-hybridized carbons (Fsp3) is 0.0909. The first kappa shape index (κ1) is 21.1. The Hall–Kier alpha value is -3.65. The Morgan fingerprint density at radius 3 is 2.07 bits per heavy atom. The van der Waals surface area contributed by atoms with E-state index in [0.29, 0.717) is 11.3 Å². The van der Waals surface area contributed by atoms with Crippen molar-refractivity contribution in [2.45, 2.75) is 17.1 Å². The Labute approximate surface area is 177 Å². The highest BCUT2D eigenvalue weighted by Gasteiger charge is 2.15. The highest BCUT2D eigenvalue weighted by atomic mass is 32.2. The Bertz CT molecular complexity index is 1040. The molecule has 0 fully saturated rings. The number of nitrogens with one attached hydrogen (secondary N) is 2. The molecule has 8 heteroatoms. The van der Waals surface area contributed by atoms with Crippen LogP contribution < -0.4 is 10.6 Å². The molecule has 0 aliphatic carbocycles. The van der Waals surface area contributed by atoms with Crippen LogP contribution in [0.1, 0.15) is 17.3 Å². The minimum Gasteiger partial charge on any atom is -0.325 e. The van der Waals surface area contributed by atoms with Gasteiger partial charge in [-0.2, -0.15) is 0 Å². The molecule has 2 N–H and O–H groups in total. The van der Waals surface area contributed by atoms with Crippen LogP contribution in [0.3, 0.4) is 0 Å². The number of amides is 2. The summed E-state index contributed by atoms with van der Waals surface area (Å²) in [4.78, 5) is 35.7. The van der Waals surface area contributed by atoms with Crippen LogP contribution in [0.5, 0.6) is 0 Å². The summed E-state index contributed by atoms with van der Waals surface area (Å²) in [6.07, 6.45) is 0. The van der Waals surface area contributed by atoms with Crippen molar-refractivity contribution in [3.63, 3.8) is 0 Å². The van der Waals surface area contributed by atoms with E-state index in [-0.39, 0.29) is 22.8 Å². The number of non-ortho nitro benzene ring substituents is 1. The fourth-order valence-corrected chi connectivity index (χ4v) is 3.45. The standard InChI is InChI=1S/C22H19N3O4S/c1-15(21(26)23-17-5-3-2-4-6-17)30-20-13-9-18(10-14-20)24-22(27)16-7-11-19(12-8-16)25(28)29/h2-15H,1H3,(H,23,26)(H,24,27). The predicted octanol–water partition coefficient (Wildman–Crippen LogP) is 4.97. The summed E-state index contributed by atoms with van der Waals surface area (Å²) >= 11 is 1.41. The van der Waals surface area contributed by atoms with Crippen LogP contribution in [0.4, 0.5) is 17.1 Å². The Morgan fingerprint density at radius 2 is 1.47 bits per heavy atom. The van der Waals surface area contributed by atoms with Crippen molar-refractivity contribution in [3.05, 3.63) is 94.5 Å². The molecule has 1 atom stereocenters. The second-order valence-electron chi connectivity index (χ2n) is 6.40. The third kappa shape index (κ3) is 5.68. The normalized spacial score (nSPS) is 11.4. The topological polar surface area (TPSA) is 101 Å². The van der Waals surface area contributed by atoms with Crippen LogP contribution in [0.2, 0.25) is 0 Å². The molecule has 0 aromatic heterocycles. The maximum Gasteiger partial charge on any atom is 0.269 e. The lowest BCUT2D eigenvalue weighted by Gasteiger charge is -2.12. The highest BCUT2D eigenvalue weighted by Crippen LogP contribution is 2.26. The summed E-state index contributed by atoms with van der Waals surface area (Å²) in [7, 11) is 0. The number of thioether (sulfide) groups is 1. The third-order valence-corrected chi connectivity index (χ3v) is 5.29. The number of benzene rings is 3. The molecule has 152 valence electrons. The number of carbonyl (C=O) groups is 2. The molecule has 7 nitrogen and oxygen atoms in total. The van der Waals surface area contributed by atoms with Gasteiger partial charge < -0.3 is 10.6 Å². The Morgan fingerprint density at radius 1 is 0.867 bits per heavy atom. The molecule has 0 bridgehead atoms. The van der Waals surface area contributed by atoms with Gasteiger partial charge >= 0.3 is 0 Å². The third-order valence-electron chi connectivity index (χ3n) is 4.18. The molecule has 3 aromatic carbocycles. The molecule has 0 saturated carbocycles. The smallest absolute Gasteiger partial charge is 0.269 e. The zero-order chi connectivity index (χ0) is 21.5. The van der Waals surface area contributed by atoms with Crippen LogP contribution in [-0.4, -0.2) is 22.0 Å². The average Bonchev–Trinajstić information content (AvgIpc) is 2.75. The number of carbonyl (C=O) groups excluding carboxylic acids is 2. The Balaban J connectivity index is 1.55. The molecule has 0 saturated heterocycles. The van der Waals surface area contributed by atoms with Gasteiger partial charge in [-0.1, -0.05) is 18.2 Å².